The van der Waals surface area contributed by atoms with Gasteiger partial charge in [0.25, 0.3) is 5.56 Å². The van der Waals surface area contributed by atoms with Gasteiger partial charge in [-0.15, -0.1) is 0 Å². The van der Waals surface area contributed by atoms with E-state index in [9.17, 15) is 9.59 Å². The summed E-state index contributed by atoms with van der Waals surface area (Å²) in [6, 6.07) is 6.40. The molecule has 2 aromatic heterocycles. The molecule has 0 amide bonds. The molecule has 0 saturated heterocycles. The van der Waals surface area contributed by atoms with Gasteiger partial charge in [-0.05, 0) is 43.0 Å². The van der Waals surface area contributed by atoms with Crippen LogP contribution in [-0.2, 0) is 24.9 Å². The van der Waals surface area contributed by atoms with E-state index in [1.165, 1.54) is 20.3 Å². The lowest BCUT2D eigenvalue weighted by Gasteiger charge is -2.33. The molecule has 8 nitrogen and oxygen atoms in total. The molecule has 0 spiro atoms. The van der Waals surface area contributed by atoms with Crippen molar-refractivity contribution in [1.82, 2.24) is 18.7 Å². The molecule has 1 aliphatic rings. The van der Waals surface area contributed by atoms with Crippen molar-refractivity contribution in [3.8, 4) is 0 Å². The minimum atomic E-state index is -0.374. The number of aryl methyl sites for hydroxylation is 3. The first-order valence-corrected chi connectivity index (χ1v) is 9.86. The van der Waals surface area contributed by atoms with E-state index in [1.54, 1.807) is 14.2 Å². The number of imidazole rings is 1. The molecule has 0 fully saturated rings. The van der Waals surface area contributed by atoms with Crippen molar-refractivity contribution >= 4 is 22.8 Å². The third kappa shape index (κ3) is 3.17. The van der Waals surface area contributed by atoms with Gasteiger partial charge in [-0.2, -0.15) is 4.98 Å². The maximum Gasteiger partial charge on any atom is 0.332 e. The highest BCUT2D eigenvalue weighted by Crippen LogP contribution is 2.33. The number of benzene rings is 1. The second-order valence-electron chi connectivity index (χ2n) is 8.05. The molecule has 0 radical (unpaired) electrons. The SMILES string of the molecule is COCCn1c(=O)c2c(nc3n2C[C@H](C)CN3c2cc(C)cc(C)c2)n(C)c1=O. The number of nitrogens with zero attached hydrogens (tertiary/aromatic N) is 5. The van der Waals surface area contributed by atoms with Gasteiger partial charge in [0.05, 0.1) is 13.2 Å². The van der Waals surface area contributed by atoms with E-state index in [2.05, 4.69) is 43.9 Å². The zero-order valence-electron chi connectivity index (χ0n) is 17.6. The molecule has 1 aromatic carbocycles. The van der Waals surface area contributed by atoms with Crippen molar-refractivity contribution in [3.63, 3.8) is 0 Å². The summed E-state index contributed by atoms with van der Waals surface area (Å²) in [5, 5.41) is 0. The predicted molar refractivity (Wildman–Crippen MR) is 113 cm³/mol. The monoisotopic (exact) mass is 397 g/mol. The van der Waals surface area contributed by atoms with Crippen molar-refractivity contribution in [2.45, 2.75) is 33.9 Å². The Morgan fingerprint density at radius 2 is 1.83 bits per heavy atom. The van der Waals surface area contributed by atoms with Gasteiger partial charge in [0.15, 0.2) is 11.2 Å². The van der Waals surface area contributed by atoms with E-state index < -0.39 is 0 Å². The number of hydrogen-bond donors (Lipinski definition) is 0. The Morgan fingerprint density at radius 1 is 1.14 bits per heavy atom. The molecule has 1 atom stereocenters. The summed E-state index contributed by atoms with van der Waals surface area (Å²) in [5.41, 5.74) is 3.61. The van der Waals surface area contributed by atoms with Gasteiger partial charge in [-0.3, -0.25) is 13.9 Å². The fraction of sp³-hybridized carbons (Fsp3) is 0.476. The molecule has 0 saturated carbocycles. The molecule has 4 rings (SSSR count). The highest BCUT2D eigenvalue weighted by molar-refractivity contribution is 5.77. The zero-order chi connectivity index (χ0) is 20.9. The molecule has 154 valence electrons. The van der Waals surface area contributed by atoms with Gasteiger partial charge in [0.2, 0.25) is 5.95 Å². The Hall–Kier alpha value is -2.87. The molecule has 8 heteroatoms. The summed E-state index contributed by atoms with van der Waals surface area (Å²) in [7, 11) is 3.22. The number of rotatable bonds is 4. The lowest BCUT2D eigenvalue weighted by atomic mass is 10.1. The fourth-order valence-electron chi connectivity index (χ4n) is 4.21. The first-order chi connectivity index (χ1) is 13.8. The largest absolute Gasteiger partial charge is 0.383 e. The number of aromatic nitrogens is 4. The second kappa shape index (κ2) is 7.18. The van der Waals surface area contributed by atoms with Gasteiger partial charge in [-0.1, -0.05) is 13.0 Å². The van der Waals surface area contributed by atoms with Gasteiger partial charge in [0, 0.05) is 32.9 Å². The van der Waals surface area contributed by atoms with Crippen molar-refractivity contribution in [3.05, 3.63) is 50.2 Å². The van der Waals surface area contributed by atoms with Gasteiger partial charge in [-0.25, -0.2) is 4.79 Å². The second-order valence-corrected chi connectivity index (χ2v) is 8.05. The van der Waals surface area contributed by atoms with E-state index in [0.717, 1.165) is 12.2 Å². The number of fused-ring (bicyclic) bond motifs is 3. The van der Waals surface area contributed by atoms with Crippen molar-refractivity contribution in [1.29, 1.82) is 0 Å². The lowest BCUT2D eigenvalue weighted by molar-refractivity contribution is 0.184. The van der Waals surface area contributed by atoms with Crippen molar-refractivity contribution in [2.75, 3.05) is 25.2 Å². The third-order valence-electron chi connectivity index (χ3n) is 5.48. The van der Waals surface area contributed by atoms with E-state index in [1.807, 2.05) is 4.57 Å². The average Bonchev–Trinajstić information content (AvgIpc) is 3.04. The number of methoxy groups -OCH3 is 1. The number of anilines is 2. The summed E-state index contributed by atoms with van der Waals surface area (Å²) in [6.45, 7) is 8.32. The molecule has 0 N–H and O–H groups in total. The maximum atomic E-state index is 13.2. The molecular formula is C21H27N5O3. The number of hydrogen-bond acceptors (Lipinski definition) is 5. The van der Waals surface area contributed by atoms with Crippen LogP contribution >= 0.6 is 0 Å². The molecule has 0 unspecified atom stereocenters. The molecular weight excluding hydrogens is 370 g/mol. The fourth-order valence-corrected chi connectivity index (χ4v) is 4.21. The quantitative estimate of drug-likeness (QED) is 0.673. The maximum absolute atomic E-state index is 13.2. The van der Waals surface area contributed by atoms with Crippen LogP contribution in [0.2, 0.25) is 0 Å². The summed E-state index contributed by atoms with van der Waals surface area (Å²) >= 11 is 0. The molecule has 0 aliphatic carbocycles. The van der Waals surface area contributed by atoms with Crippen LogP contribution in [0.25, 0.3) is 11.2 Å². The van der Waals surface area contributed by atoms with Crippen LogP contribution < -0.4 is 16.1 Å². The van der Waals surface area contributed by atoms with Gasteiger partial charge >= 0.3 is 5.69 Å². The topological polar surface area (TPSA) is 74.3 Å². The Labute approximate surface area is 169 Å². The average molecular weight is 397 g/mol. The molecule has 3 aromatic rings. The first kappa shape index (κ1) is 19.4. The smallest absolute Gasteiger partial charge is 0.332 e. The third-order valence-corrected chi connectivity index (χ3v) is 5.48. The minimum absolute atomic E-state index is 0.217. The molecule has 29 heavy (non-hydrogen) atoms. The summed E-state index contributed by atoms with van der Waals surface area (Å²) in [6.07, 6.45) is 0. The van der Waals surface area contributed by atoms with Crippen LogP contribution in [0.5, 0.6) is 0 Å². The number of ether oxygens (including phenoxy) is 1. The van der Waals surface area contributed by atoms with Crippen LogP contribution in [0.1, 0.15) is 18.1 Å². The van der Waals surface area contributed by atoms with Gasteiger partial charge < -0.3 is 14.2 Å². The molecule has 3 heterocycles. The van der Waals surface area contributed by atoms with E-state index >= 15 is 0 Å². The lowest BCUT2D eigenvalue weighted by Crippen LogP contribution is -2.41. The zero-order valence-corrected chi connectivity index (χ0v) is 17.6. The van der Waals surface area contributed by atoms with E-state index in [-0.39, 0.29) is 17.8 Å². The summed E-state index contributed by atoms with van der Waals surface area (Å²) < 4.78 is 9.74. The summed E-state index contributed by atoms with van der Waals surface area (Å²) in [5.74, 6) is 1.03. The Morgan fingerprint density at radius 3 is 2.48 bits per heavy atom. The normalized spacial score (nSPS) is 16.4. The standard InChI is InChI=1S/C21H27N5O3/c1-13-8-14(2)10-16(9-13)25-11-15(3)12-26-17-18(22-20(25)26)23(4)21(28)24(19(17)27)6-7-29-5/h8-10,15H,6-7,11-12H2,1-5H3/t15-/m1/s1. The van der Waals surface area contributed by atoms with Gasteiger partial charge in [0.1, 0.15) is 0 Å². The van der Waals surface area contributed by atoms with E-state index in [4.69, 9.17) is 9.72 Å². The van der Waals surface area contributed by atoms with E-state index in [0.29, 0.717) is 36.2 Å². The van der Waals surface area contributed by atoms with Crippen molar-refractivity contribution < 1.29 is 4.74 Å². The van der Waals surface area contributed by atoms with Crippen molar-refractivity contribution in [2.24, 2.45) is 13.0 Å². The van der Waals surface area contributed by atoms with Crippen LogP contribution in [0.4, 0.5) is 11.6 Å². The highest BCUT2D eigenvalue weighted by atomic mass is 16.5. The molecule has 1 aliphatic heterocycles. The summed E-state index contributed by atoms with van der Waals surface area (Å²) in [4.78, 5) is 32.9. The van der Waals surface area contributed by atoms with Crippen LogP contribution in [0, 0.1) is 19.8 Å². The van der Waals surface area contributed by atoms with Crippen LogP contribution in [-0.4, -0.2) is 38.9 Å². The van der Waals surface area contributed by atoms with Crippen LogP contribution in [0.3, 0.4) is 0 Å². The Kier molecular flexibility index (Phi) is 4.82. The van der Waals surface area contributed by atoms with Crippen LogP contribution in [0.15, 0.2) is 27.8 Å². The Balaban J connectivity index is 1.98. The molecule has 0 bridgehead atoms. The minimum Gasteiger partial charge on any atom is -0.383 e. The predicted octanol–water partition coefficient (Wildman–Crippen LogP) is 1.95. The highest BCUT2D eigenvalue weighted by Gasteiger charge is 2.30. The Bertz CT molecular complexity index is 1180. The first-order valence-electron chi connectivity index (χ1n) is 9.86.